The number of amides is 1. The quantitative estimate of drug-likeness (QED) is 0.872. The SMILES string of the molecule is O=C(O)C1CCCN1C(=O)c1ccc(S(=O)(=O)N2CCCCC2)cc1. The molecule has 1 unspecified atom stereocenters. The molecule has 8 heteroatoms. The molecule has 2 aliphatic heterocycles. The van der Waals surface area contributed by atoms with Crippen molar-refractivity contribution >= 4 is 21.9 Å². The first kappa shape index (κ1) is 17.9. The average molecular weight is 366 g/mol. The van der Waals surface area contributed by atoms with E-state index in [-0.39, 0.29) is 10.8 Å². The summed E-state index contributed by atoms with van der Waals surface area (Å²) in [4.78, 5) is 25.3. The first-order valence-corrected chi connectivity index (χ1v) is 9.99. The zero-order chi connectivity index (χ0) is 18.0. The van der Waals surface area contributed by atoms with Crippen molar-refractivity contribution in [2.24, 2.45) is 0 Å². The van der Waals surface area contributed by atoms with Gasteiger partial charge < -0.3 is 10.0 Å². The molecule has 2 saturated heterocycles. The van der Waals surface area contributed by atoms with Gasteiger partial charge in [0.1, 0.15) is 6.04 Å². The van der Waals surface area contributed by atoms with Crippen molar-refractivity contribution < 1.29 is 23.1 Å². The van der Waals surface area contributed by atoms with Gasteiger partial charge in [-0.1, -0.05) is 6.42 Å². The van der Waals surface area contributed by atoms with E-state index in [9.17, 15) is 23.1 Å². The summed E-state index contributed by atoms with van der Waals surface area (Å²) in [7, 11) is -3.53. The normalized spacial score (nSPS) is 22.1. The lowest BCUT2D eigenvalue weighted by Crippen LogP contribution is -2.40. The number of hydrogen-bond donors (Lipinski definition) is 1. The monoisotopic (exact) mass is 366 g/mol. The van der Waals surface area contributed by atoms with Gasteiger partial charge in [0.05, 0.1) is 4.90 Å². The molecule has 1 aromatic rings. The standard InChI is InChI=1S/C17H22N2O5S/c20-16(19-12-4-5-15(19)17(21)22)13-6-8-14(9-7-13)25(23,24)18-10-2-1-3-11-18/h6-9,15H,1-5,10-12H2,(H,21,22). The highest BCUT2D eigenvalue weighted by Gasteiger charge is 2.34. The van der Waals surface area contributed by atoms with Crippen LogP contribution in [-0.4, -0.2) is 60.3 Å². The van der Waals surface area contributed by atoms with E-state index >= 15 is 0 Å². The van der Waals surface area contributed by atoms with Gasteiger partial charge in [-0.15, -0.1) is 0 Å². The van der Waals surface area contributed by atoms with Crippen LogP contribution in [0.5, 0.6) is 0 Å². The second kappa shape index (κ2) is 7.13. The minimum Gasteiger partial charge on any atom is -0.480 e. The maximum Gasteiger partial charge on any atom is 0.326 e. The smallest absolute Gasteiger partial charge is 0.326 e. The molecule has 7 nitrogen and oxygen atoms in total. The predicted octanol–water partition coefficient (Wildman–Crippen LogP) is 1.55. The van der Waals surface area contributed by atoms with E-state index in [0.29, 0.717) is 38.0 Å². The van der Waals surface area contributed by atoms with Crippen LogP contribution < -0.4 is 0 Å². The fourth-order valence-corrected chi connectivity index (χ4v) is 4.97. The number of nitrogens with zero attached hydrogens (tertiary/aromatic N) is 2. The van der Waals surface area contributed by atoms with E-state index in [4.69, 9.17) is 0 Å². The molecule has 2 aliphatic rings. The molecule has 2 heterocycles. The first-order valence-electron chi connectivity index (χ1n) is 8.55. The molecule has 3 rings (SSSR count). The first-order chi connectivity index (χ1) is 11.9. The second-order valence-electron chi connectivity index (χ2n) is 6.48. The number of hydrogen-bond acceptors (Lipinski definition) is 4. The number of rotatable bonds is 4. The highest BCUT2D eigenvalue weighted by molar-refractivity contribution is 7.89. The van der Waals surface area contributed by atoms with Crippen LogP contribution >= 0.6 is 0 Å². The summed E-state index contributed by atoms with van der Waals surface area (Å²) >= 11 is 0. The number of carboxylic acids is 1. The molecule has 25 heavy (non-hydrogen) atoms. The van der Waals surface area contributed by atoms with Gasteiger partial charge in [0.25, 0.3) is 5.91 Å². The Morgan fingerprint density at radius 2 is 1.60 bits per heavy atom. The van der Waals surface area contributed by atoms with Crippen molar-refractivity contribution in [1.82, 2.24) is 9.21 Å². The van der Waals surface area contributed by atoms with Crippen LogP contribution in [0, 0.1) is 0 Å². The number of likely N-dealkylation sites (tertiary alicyclic amines) is 1. The van der Waals surface area contributed by atoms with E-state index in [0.717, 1.165) is 19.3 Å². The molecule has 1 amide bonds. The van der Waals surface area contributed by atoms with E-state index < -0.39 is 22.0 Å². The maximum atomic E-state index is 12.6. The number of carbonyl (C=O) groups is 2. The topological polar surface area (TPSA) is 95.0 Å². The molecule has 0 radical (unpaired) electrons. The minimum atomic E-state index is -3.53. The Bertz CT molecular complexity index is 754. The minimum absolute atomic E-state index is 0.169. The summed E-state index contributed by atoms with van der Waals surface area (Å²) < 4.78 is 26.7. The highest BCUT2D eigenvalue weighted by atomic mass is 32.2. The number of sulfonamides is 1. The molecular formula is C17H22N2O5S. The molecule has 136 valence electrons. The summed E-state index contributed by atoms with van der Waals surface area (Å²) in [6, 6.07) is 5.00. The molecule has 0 aromatic heterocycles. The number of piperidine rings is 1. The number of benzene rings is 1. The van der Waals surface area contributed by atoms with Crippen LogP contribution in [0.2, 0.25) is 0 Å². The van der Waals surface area contributed by atoms with Crippen molar-refractivity contribution in [1.29, 1.82) is 0 Å². The van der Waals surface area contributed by atoms with Crippen LogP contribution in [-0.2, 0) is 14.8 Å². The van der Waals surface area contributed by atoms with Crippen LogP contribution in [0.3, 0.4) is 0 Å². The van der Waals surface area contributed by atoms with Gasteiger partial charge in [-0.3, -0.25) is 4.79 Å². The van der Waals surface area contributed by atoms with Crippen LogP contribution in [0.25, 0.3) is 0 Å². The van der Waals surface area contributed by atoms with Crippen LogP contribution in [0.1, 0.15) is 42.5 Å². The van der Waals surface area contributed by atoms with Gasteiger partial charge in [-0.05, 0) is 49.9 Å². The fraction of sp³-hybridized carbons (Fsp3) is 0.529. The van der Waals surface area contributed by atoms with Gasteiger partial charge >= 0.3 is 5.97 Å². The van der Waals surface area contributed by atoms with Crippen molar-refractivity contribution in [3.8, 4) is 0 Å². The molecule has 2 fully saturated rings. The Kier molecular flexibility index (Phi) is 5.10. The summed E-state index contributed by atoms with van der Waals surface area (Å²) in [6.45, 7) is 1.46. The lowest BCUT2D eigenvalue weighted by Gasteiger charge is -2.26. The maximum absolute atomic E-state index is 12.6. The summed E-state index contributed by atoms with van der Waals surface area (Å²) in [5.74, 6) is -1.37. The lowest BCUT2D eigenvalue weighted by molar-refractivity contribution is -0.141. The number of aliphatic carboxylic acids is 1. The third-order valence-corrected chi connectivity index (χ3v) is 6.77. The van der Waals surface area contributed by atoms with Crippen LogP contribution in [0.15, 0.2) is 29.2 Å². The zero-order valence-corrected chi connectivity index (χ0v) is 14.7. The average Bonchev–Trinajstić information content (AvgIpc) is 3.12. The third-order valence-electron chi connectivity index (χ3n) is 4.85. The zero-order valence-electron chi connectivity index (χ0n) is 13.9. The fourth-order valence-electron chi connectivity index (χ4n) is 3.46. The van der Waals surface area contributed by atoms with E-state index in [1.165, 1.54) is 33.5 Å². The second-order valence-corrected chi connectivity index (χ2v) is 8.42. The molecule has 0 aliphatic carbocycles. The summed E-state index contributed by atoms with van der Waals surface area (Å²) in [5, 5.41) is 9.20. The Morgan fingerprint density at radius 1 is 0.960 bits per heavy atom. The third kappa shape index (κ3) is 3.55. The van der Waals surface area contributed by atoms with E-state index in [1.807, 2.05) is 0 Å². The van der Waals surface area contributed by atoms with E-state index in [2.05, 4.69) is 0 Å². The summed E-state index contributed by atoms with van der Waals surface area (Å²) in [6.07, 6.45) is 3.87. The van der Waals surface area contributed by atoms with Crippen molar-refractivity contribution in [3.63, 3.8) is 0 Å². The molecule has 1 aromatic carbocycles. The molecule has 1 atom stereocenters. The lowest BCUT2D eigenvalue weighted by atomic mass is 10.1. The van der Waals surface area contributed by atoms with Crippen LogP contribution in [0.4, 0.5) is 0 Å². The Morgan fingerprint density at radius 3 is 2.20 bits per heavy atom. The number of carbonyl (C=O) groups excluding carboxylic acids is 1. The summed E-state index contributed by atoms with van der Waals surface area (Å²) in [5.41, 5.74) is 0.311. The Hall–Kier alpha value is -1.93. The number of carboxylic acid groups (broad SMARTS) is 1. The van der Waals surface area contributed by atoms with Crippen molar-refractivity contribution in [2.75, 3.05) is 19.6 Å². The molecule has 1 N–H and O–H groups in total. The predicted molar refractivity (Wildman–Crippen MR) is 90.7 cm³/mol. The highest BCUT2D eigenvalue weighted by Crippen LogP contribution is 2.23. The molecule has 0 spiro atoms. The van der Waals surface area contributed by atoms with E-state index in [1.54, 1.807) is 0 Å². The van der Waals surface area contributed by atoms with Crippen molar-refractivity contribution in [2.45, 2.75) is 43.0 Å². The van der Waals surface area contributed by atoms with Gasteiger partial charge in [-0.2, -0.15) is 4.31 Å². The Balaban J connectivity index is 1.78. The molecule has 0 saturated carbocycles. The largest absolute Gasteiger partial charge is 0.480 e. The van der Waals surface area contributed by atoms with Gasteiger partial charge in [-0.25, -0.2) is 13.2 Å². The molecular weight excluding hydrogens is 344 g/mol. The van der Waals surface area contributed by atoms with Gasteiger partial charge in [0.15, 0.2) is 0 Å². The van der Waals surface area contributed by atoms with Gasteiger partial charge in [0.2, 0.25) is 10.0 Å². The molecule has 0 bridgehead atoms. The van der Waals surface area contributed by atoms with Gasteiger partial charge in [0, 0.05) is 25.2 Å². The van der Waals surface area contributed by atoms with Crippen molar-refractivity contribution in [3.05, 3.63) is 29.8 Å². The Labute approximate surface area is 147 Å².